The van der Waals surface area contributed by atoms with Gasteiger partial charge in [0.05, 0.1) is 6.61 Å². The van der Waals surface area contributed by atoms with Crippen LogP contribution in [0.3, 0.4) is 0 Å². The lowest BCUT2D eigenvalue weighted by Gasteiger charge is -2.13. The number of nitrogens with one attached hydrogen (secondary N) is 1. The van der Waals surface area contributed by atoms with Crippen molar-refractivity contribution in [3.63, 3.8) is 0 Å². The van der Waals surface area contributed by atoms with Crippen LogP contribution in [0.2, 0.25) is 0 Å². The lowest BCUT2D eigenvalue weighted by Crippen LogP contribution is -2.11. The van der Waals surface area contributed by atoms with Crippen LogP contribution in [-0.4, -0.2) is 27.4 Å². The first kappa shape index (κ1) is 15.5. The molecule has 0 bridgehead atoms. The van der Waals surface area contributed by atoms with Gasteiger partial charge in [0.1, 0.15) is 12.4 Å². The molecule has 2 rings (SSSR count). The van der Waals surface area contributed by atoms with Crippen molar-refractivity contribution in [2.75, 3.05) is 27.4 Å². The largest absolute Gasteiger partial charge is 0.491 e. The number of ether oxygens (including phenoxy) is 2. The summed E-state index contributed by atoms with van der Waals surface area (Å²) in [5.74, 6) is 0.893. The van der Waals surface area contributed by atoms with Gasteiger partial charge >= 0.3 is 0 Å². The van der Waals surface area contributed by atoms with Gasteiger partial charge in [-0.05, 0) is 31.2 Å². The Bertz CT molecular complexity index is 551. The molecule has 0 aliphatic heterocycles. The average Bonchev–Trinajstić information content (AvgIpc) is 2.55. The van der Waals surface area contributed by atoms with Gasteiger partial charge < -0.3 is 14.8 Å². The van der Waals surface area contributed by atoms with E-state index in [2.05, 4.69) is 42.6 Å². The van der Waals surface area contributed by atoms with Gasteiger partial charge in [0, 0.05) is 18.7 Å². The summed E-state index contributed by atoms with van der Waals surface area (Å²) in [6, 6.07) is 17.0. The third-order valence-corrected chi connectivity index (χ3v) is 3.59. The molecule has 2 aromatic rings. The summed E-state index contributed by atoms with van der Waals surface area (Å²) in [7, 11) is 3.65. The molecule has 21 heavy (non-hydrogen) atoms. The molecule has 0 spiro atoms. The highest BCUT2D eigenvalue weighted by molar-refractivity contribution is 5.70. The van der Waals surface area contributed by atoms with Gasteiger partial charge in [-0.3, -0.25) is 0 Å². The van der Waals surface area contributed by atoms with Gasteiger partial charge in [-0.1, -0.05) is 42.5 Å². The summed E-state index contributed by atoms with van der Waals surface area (Å²) < 4.78 is 10.8. The normalized spacial score (nSPS) is 12.1. The Kier molecular flexibility index (Phi) is 5.78. The zero-order chi connectivity index (χ0) is 15.1. The second kappa shape index (κ2) is 7.81. The summed E-state index contributed by atoms with van der Waals surface area (Å²) in [4.78, 5) is 0. The minimum atomic E-state index is 0.354. The Balaban J connectivity index is 2.21. The fourth-order valence-electron chi connectivity index (χ4n) is 2.18. The molecule has 0 fully saturated rings. The number of hydrogen-bond donors (Lipinski definition) is 1. The van der Waals surface area contributed by atoms with E-state index in [1.807, 2.05) is 25.2 Å². The Morgan fingerprint density at radius 1 is 1.00 bits per heavy atom. The number of para-hydroxylation sites is 1. The predicted molar refractivity (Wildman–Crippen MR) is 86.7 cm³/mol. The van der Waals surface area contributed by atoms with Crippen molar-refractivity contribution >= 4 is 0 Å². The third kappa shape index (κ3) is 4.06. The second-order valence-corrected chi connectivity index (χ2v) is 4.97. The Labute approximate surface area is 126 Å². The maximum absolute atomic E-state index is 5.79. The highest BCUT2D eigenvalue weighted by atomic mass is 16.5. The van der Waals surface area contributed by atoms with Crippen molar-refractivity contribution in [2.24, 2.45) is 0 Å². The van der Waals surface area contributed by atoms with Gasteiger partial charge in [0.25, 0.3) is 0 Å². The summed E-state index contributed by atoms with van der Waals surface area (Å²) >= 11 is 0. The van der Waals surface area contributed by atoms with E-state index in [0.29, 0.717) is 19.3 Å². The molecule has 3 nitrogen and oxygen atoms in total. The van der Waals surface area contributed by atoms with E-state index in [1.54, 1.807) is 7.11 Å². The topological polar surface area (TPSA) is 30.5 Å². The van der Waals surface area contributed by atoms with Crippen molar-refractivity contribution in [1.29, 1.82) is 0 Å². The van der Waals surface area contributed by atoms with E-state index in [1.165, 1.54) is 5.56 Å². The standard InChI is InChI=1S/C18H23NO2/c1-14(19-2)15-8-10-16(11-9-15)17-6-4-5-7-18(17)21-13-12-20-3/h4-11,14,19H,12-13H2,1-3H3. The summed E-state index contributed by atoms with van der Waals surface area (Å²) in [5, 5.41) is 3.25. The van der Waals surface area contributed by atoms with Crippen LogP contribution in [0.4, 0.5) is 0 Å². The van der Waals surface area contributed by atoms with Crippen molar-refractivity contribution in [1.82, 2.24) is 5.32 Å². The zero-order valence-electron chi connectivity index (χ0n) is 12.9. The first-order valence-electron chi connectivity index (χ1n) is 7.24. The van der Waals surface area contributed by atoms with Crippen LogP contribution in [-0.2, 0) is 4.74 Å². The van der Waals surface area contributed by atoms with Crippen LogP contribution in [0.5, 0.6) is 5.75 Å². The molecule has 0 aliphatic rings. The molecule has 0 saturated heterocycles. The number of benzene rings is 2. The lowest BCUT2D eigenvalue weighted by molar-refractivity contribution is 0.146. The Morgan fingerprint density at radius 2 is 1.71 bits per heavy atom. The lowest BCUT2D eigenvalue weighted by atomic mass is 10.0. The molecule has 1 atom stereocenters. The second-order valence-electron chi connectivity index (χ2n) is 4.97. The third-order valence-electron chi connectivity index (χ3n) is 3.59. The van der Waals surface area contributed by atoms with E-state index >= 15 is 0 Å². The van der Waals surface area contributed by atoms with Gasteiger partial charge in [0.2, 0.25) is 0 Å². The summed E-state index contributed by atoms with van der Waals surface area (Å²) in [6.45, 7) is 3.30. The first-order chi connectivity index (χ1) is 10.3. The van der Waals surface area contributed by atoms with Crippen LogP contribution in [0.15, 0.2) is 48.5 Å². The summed E-state index contributed by atoms with van der Waals surface area (Å²) in [6.07, 6.45) is 0. The first-order valence-corrected chi connectivity index (χ1v) is 7.24. The fraction of sp³-hybridized carbons (Fsp3) is 0.333. The Morgan fingerprint density at radius 3 is 2.38 bits per heavy atom. The number of hydrogen-bond acceptors (Lipinski definition) is 3. The molecular formula is C18H23NO2. The van der Waals surface area contributed by atoms with Crippen LogP contribution in [0.1, 0.15) is 18.5 Å². The molecule has 3 heteroatoms. The van der Waals surface area contributed by atoms with Crippen molar-refractivity contribution in [2.45, 2.75) is 13.0 Å². The van der Waals surface area contributed by atoms with E-state index in [-0.39, 0.29) is 0 Å². The van der Waals surface area contributed by atoms with Gasteiger partial charge in [-0.15, -0.1) is 0 Å². The van der Waals surface area contributed by atoms with Crippen LogP contribution >= 0.6 is 0 Å². The molecule has 2 aromatic carbocycles. The summed E-state index contributed by atoms with van der Waals surface area (Å²) in [5.41, 5.74) is 3.55. The molecule has 0 radical (unpaired) electrons. The van der Waals surface area contributed by atoms with Gasteiger partial charge in [-0.25, -0.2) is 0 Å². The SMILES string of the molecule is CNC(C)c1ccc(-c2ccccc2OCCOC)cc1. The van der Waals surface area contributed by atoms with Crippen LogP contribution in [0, 0.1) is 0 Å². The monoisotopic (exact) mass is 285 g/mol. The molecule has 1 N–H and O–H groups in total. The molecular weight excluding hydrogens is 262 g/mol. The van der Waals surface area contributed by atoms with E-state index in [0.717, 1.165) is 16.9 Å². The fourth-order valence-corrected chi connectivity index (χ4v) is 2.18. The van der Waals surface area contributed by atoms with Crippen molar-refractivity contribution in [3.8, 4) is 16.9 Å². The smallest absolute Gasteiger partial charge is 0.127 e. The predicted octanol–water partition coefficient (Wildman–Crippen LogP) is 3.66. The zero-order valence-corrected chi connectivity index (χ0v) is 12.9. The molecule has 0 amide bonds. The molecule has 0 aromatic heterocycles. The Hall–Kier alpha value is -1.84. The van der Waals surface area contributed by atoms with Crippen LogP contribution in [0.25, 0.3) is 11.1 Å². The highest BCUT2D eigenvalue weighted by Crippen LogP contribution is 2.30. The van der Waals surface area contributed by atoms with E-state index in [9.17, 15) is 0 Å². The minimum Gasteiger partial charge on any atom is -0.491 e. The molecule has 112 valence electrons. The molecule has 0 saturated carbocycles. The minimum absolute atomic E-state index is 0.354. The molecule has 0 aliphatic carbocycles. The quantitative estimate of drug-likeness (QED) is 0.788. The maximum Gasteiger partial charge on any atom is 0.127 e. The van der Waals surface area contributed by atoms with Gasteiger partial charge in [0.15, 0.2) is 0 Å². The van der Waals surface area contributed by atoms with Crippen molar-refractivity contribution < 1.29 is 9.47 Å². The molecule has 1 unspecified atom stereocenters. The van der Waals surface area contributed by atoms with Gasteiger partial charge in [-0.2, -0.15) is 0 Å². The van der Waals surface area contributed by atoms with Crippen LogP contribution < -0.4 is 10.1 Å². The average molecular weight is 285 g/mol. The number of rotatable bonds is 7. The highest BCUT2D eigenvalue weighted by Gasteiger charge is 2.07. The maximum atomic E-state index is 5.79. The molecule has 0 heterocycles. The van der Waals surface area contributed by atoms with E-state index < -0.39 is 0 Å². The number of methoxy groups -OCH3 is 1. The van der Waals surface area contributed by atoms with Crippen molar-refractivity contribution in [3.05, 3.63) is 54.1 Å². The van der Waals surface area contributed by atoms with E-state index in [4.69, 9.17) is 9.47 Å².